The van der Waals surface area contributed by atoms with Gasteiger partial charge in [-0.15, -0.1) is 11.3 Å². The highest BCUT2D eigenvalue weighted by molar-refractivity contribution is 7.21. The molecule has 4 rings (SSSR count). The zero-order chi connectivity index (χ0) is 21.3. The van der Waals surface area contributed by atoms with Crippen LogP contribution < -0.4 is 0 Å². The number of piperazine rings is 1. The molecular weight excluding hydrogens is 405 g/mol. The van der Waals surface area contributed by atoms with Crippen LogP contribution in [0.1, 0.15) is 28.1 Å². The Bertz CT molecular complexity index is 931. The number of ether oxygens (including phenoxy) is 1. The highest BCUT2D eigenvalue weighted by atomic mass is 32.1. The topological polar surface area (TPSA) is 53.1 Å². The van der Waals surface area contributed by atoms with Gasteiger partial charge in [0.1, 0.15) is 5.82 Å². The molecule has 2 fully saturated rings. The summed E-state index contributed by atoms with van der Waals surface area (Å²) in [6.45, 7) is 4.67. The number of benzene rings is 1. The first-order chi connectivity index (χ1) is 14.5. The van der Waals surface area contributed by atoms with Crippen molar-refractivity contribution in [3.8, 4) is 0 Å². The Balaban J connectivity index is 1.45. The van der Waals surface area contributed by atoms with Crippen LogP contribution in [-0.4, -0.2) is 79.9 Å². The summed E-state index contributed by atoms with van der Waals surface area (Å²) in [5, 5.41) is 0.479. The average molecular weight is 434 g/mol. The Kier molecular flexibility index (Phi) is 6.36. The van der Waals surface area contributed by atoms with Crippen molar-refractivity contribution >= 4 is 33.2 Å². The molecule has 1 aromatic heterocycles. The number of amides is 2. The van der Waals surface area contributed by atoms with Crippen molar-refractivity contribution in [2.24, 2.45) is 5.92 Å². The maximum absolute atomic E-state index is 14.4. The van der Waals surface area contributed by atoms with Crippen LogP contribution in [-0.2, 0) is 16.1 Å². The second kappa shape index (κ2) is 8.99. The van der Waals surface area contributed by atoms with Crippen LogP contribution in [0.2, 0.25) is 0 Å². The summed E-state index contributed by atoms with van der Waals surface area (Å²) in [5.74, 6) is -0.213. The number of likely N-dealkylation sites (N-methyl/N-ethyl adjacent to an activating group) is 1. The summed E-state index contributed by atoms with van der Waals surface area (Å²) in [6, 6.07) is 4.91. The Morgan fingerprint density at radius 1 is 1.10 bits per heavy atom. The minimum Gasteiger partial charge on any atom is -0.380 e. The number of hydrogen-bond donors (Lipinski definition) is 0. The second-order valence-electron chi connectivity index (χ2n) is 8.15. The lowest BCUT2D eigenvalue weighted by atomic mass is 9.94. The molecule has 162 valence electrons. The first-order valence-corrected chi connectivity index (χ1v) is 11.3. The van der Waals surface area contributed by atoms with Crippen LogP contribution in [0.3, 0.4) is 0 Å². The van der Waals surface area contributed by atoms with Crippen molar-refractivity contribution in [1.29, 1.82) is 0 Å². The van der Waals surface area contributed by atoms with Crippen LogP contribution in [0, 0.1) is 11.7 Å². The van der Waals surface area contributed by atoms with Gasteiger partial charge in [-0.05, 0) is 32.0 Å². The second-order valence-corrected chi connectivity index (χ2v) is 9.20. The number of methoxy groups -OCH3 is 1. The van der Waals surface area contributed by atoms with Crippen molar-refractivity contribution in [3.05, 3.63) is 34.5 Å². The molecule has 8 heteroatoms. The lowest BCUT2D eigenvalue weighted by molar-refractivity contribution is -0.138. The Morgan fingerprint density at radius 3 is 2.47 bits per heavy atom. The van der Waals surface area contributed by atoms with Crippen LogP contribution in [0.4, 0.5) is 4.39 Å². The lowest BCUT2D eigenvalue weighted by Gasteiger charge is -2.37. The van der Waals surface area contributed by atoms with E-state index >= 15 is 0 Å². The standard InChI is InChI=1S/C22H28FN3O3S/c1-24-10-12-26(13-11-24)21(27)15-6-8-25(9-7-15)22(28)20-16(14-29-2)19-17(23)4-3-5-18(19)30-20/h3-5,15H,6-14H2,1-2H3. The van der Waals surface area contributed by atoms with Crippen LogP contribution in [0.25, 0.3) is 10.1 Å². The zero-order valence-corrected chi connectivity index (χ0v) is 18.3. The number of hydrogen-bond acceptors (Lipinski definition) is 5. The molecule has 0 atom stereocenters. The molecule has 30 heavy (non-hydrogen) atoms. The number of thiophene rings is 1. The number of likely N-dealkylation sites (tertiary alicyclic amines) is 1. The van der Waals surface area contributed by atoms with Crippen molar-refractivity contribution in [3.63, 3.8) is 0 Å². The maximum atomic E-state index is 14.4. The molecule has 0 aliphatic carbocycles. The van der Waals surface area contributed by atoms with Gasteiger partial charge in [0.25, 0.3) is 5.91 Å². The monoisotopic (exact) mass is 433 g/mol. The highest BCUT2D eigenvalue weighted by Crippen LogP contribution is 2.35. The molecule has 3 heterocycles. The summed E-state index contributed by atoms with van der Waals surface area (Å²) in [5.41, 5.74) is 0.622. The first-order valence-electron chi connectivity index (χ1n) is 10.4. The lowest BCUT2D eigenvalue weighted by Crippen LogP contribution is -2.51. The fraction of sp³-hybridized carbons (Fsp3) is 0.545. The summed E-state index contributed by atoms with van der Waals surface area (Å²) in [7, 11) is 3.62. The third-order valence-electron chi connectivity index (χ3n) is 6.19. The number of carbonyl (C=O) groups excluding carboxylic acids is 2. The van der Waals surface area contributed by atoms with Crippen molar-refractivity contribution in [2.75, 3.05) is 53.4 Å². The maximum Gasteiger partial charge on any atom is 0.264 e. The summed E-state index contributed by atoms with van der Waals surface area (Å²) in [6.07, 6.45) is 1.35. The Hall–Kier alpha value is -2.03. The molecule has 6 nitrogen and oxygen atoms in total. The quantitative estimate of drug-likeness (QED) is 0.744. The zero-order valence-electron chi connectivity index (χ0n) is 17.5. The number of piperidine rings is 1. The first kappa shape index (κ1) is 21.2. The van der Waals surface area contributed by atoms with E-state index in [0.717, 1.165) is 30.9 Å². The minimum absolute atomic E-state index is 0.0178. The molecule has 0 spiro atoms. The van der Waals surface area contributed by atoms with Crippen molar-refractivity contribution in [2.45, 2.75) is 19.4 Å². The fourth-order valence-corrected chi connectivity index (χ4v) is 5.57. The number of rotatable bonds is 4. The molecule has 2 aromatic rings. The number of halogens is 1. The SMILES string of the molecule is COCc1c(C(=O)N2CCC(C(=O)N3CCN(C)CC3)CC2)sc2cccc(F)c12. The number of nitrogens with zero attached hydrogens (tertiary/aromatic N) is 3. The highest BCUT2D eigenvalue weighted by Gasteiger charge is 2.33. The van der Waals surface area contributed by atoms with Gasteiger partial charge in [0, 0.05) is 67.9 Å². The minimum atomic E-state index is -0.327. The fourth-order valence-electron chi connectivity index (χ4n) is 4.38. The largest absolute Gasteiger partial charge is 0.380 e. The van der Waals surface area contributed by atoms with Crippen LogP contribution in [0.5, 0.6) is 0 Å². The summed E-state index contributed by atoms with van der Waals surface area (Å²) < 4.78 is 20.4. The van der Waals surface area contributed by atoms with Crippen LogP contribution in [0.15, 0.2) is 18.2 Å². The van der Waals surface area contributed by atoms with Gasteiger partial charge in [0.2, 0.25) is 5.91 Å². The average Bonchev–Trinajstić information content (AvgIpc) is 3.13. The predicted molar refractivity (Wildman–Crippen MR) is 115 cm³/mol. The van der Waals surface area contributed by atoms with E-state index in [-0.39, 0.29) is 30.2 Å². The van der Waals surface area contributed by atoms with E-state index in [2.05, 4.69) is 11.9 Å². The predicted octanol–water partition coefficient (Wildman–Crippen LogP) is 2.81. The molecule has 1 aromatic carbocycles. The summed E-state index contributed by atoms with van der Waals surface area (Å²) in [4.78, 5) is 32.6. The normalized spacial score (nSPS) is 18.9. The molecular formula is C22H28FN3O3S. The van der Waals surface area contributed by atoms with Gasteiger partial charge in [0.15, 0.2) is 0 Å². The number of carbonyl (C=O) groups is 2. The molecule has 0 unspecified atom stereocenters. The van der Waals surface area contributed by atoms with Gasteiger partial charge in [-0.25, -0.2) is 4.39 Å². The van der Waals surface area contributed by atoms with E-state index in [0.29, 0.717) is 41.8 Å². The van der Waals surface area contributed by atoms with E-state index < -0.39 is 0 Å². The molecule has 2 amide bonds. The van der Waals surface area contributed by atoms with E-state index in [9.17, 15) is 14.0 Å². The van der Waals surface area contributed by atoms with Gasteiger partial charge in [-0.1, -0.05) is 6.07 Å². The molecule has 2 saturated heterocycles. The van der Waals surface area contributed by atoms with E-state index in [1.54, 1.807) is 18.1 Å². The molecule has 0 bridgehead atoms. The van der Waals surface area contributed by atoms with Crippen molar-refractivity contribution in [1.82, 2.24) is 14.7 Å². The van der Waals surface area contributed by atoms with Gasteiger partial charge >= 0.3 is 0 Å². The molecule has 0 N–H and O–H groups in total. The third kappa shape index (κ3) is 4.08. The van der Waals surface area contributed by atoms with Gasteiger partial charge in [-0.2, -0.15) is 0 Å². The van der Waals surface area contributed by atoms with Crippen LogP contribution >= 0.6 is 11.3 Å². The van der Waals surface area contributed by atoms with Gasteiger partial charge < -0.3 is 19.4 Å². The van der Waals surface area contributed by atoms with E-state index in [1.807, 2.05) is 11.0 Å². The smallest absolute Gasteiger partial charge is 0.264 e. The van der Waals surface area contributed by atoms with E-state index in [1.165, 1.54) is 17.4 Å². The molecule has 0 saturated carbocycles. The third-order valence-corrected chi connectivity index (χ3v) is 7.38. The number of fused-ring (bicyclic) bond motifs is 1. The van der Waals surface area contributed by atoms with Crippen molar-refractivity contribution < 1.29 is 18.7 Å². The summed E-state index contributed by atoms with van der Waals surface area (Å²) >= 11 is 1.32. The Labute approximate surface area is 180 Å². The van der Waals surface area contributed by atoms with E-state index in [4.69, 9.17) is 4.74 Å². The van der Waals surface area contributed by atoms with Gasteiger partial charge in [0.05, 0.1) is 11.5 Å². The molecule has 2 aliphatic rings. The molecule has 2 aliphatic heterocycles. The molecule has 0 radical (unpaired) electrons. The Morgan fingerprint density at radius 2 is 1.80 bits per heavy atom. The van der Waals surface area contributed by atoms with Gasteiger partial charge in [-0.3, -0.25) is 9.59 Å².